The molecule has 5 heteroatoms. The van der Waals surface area contributed by atoms with E-state index in [9.17, 15) is 8.76 Å². The van der Waals surface area contributed by atoms with Gasteiger partial charge in [0.15, 0.2) is 5.75 Å². The van der Waals surface area contributed by atoms with Crippen LogP contribution < -0.4 is 4.18 Å². The summed E-state index contributed by atoms with van der Waals surface area (Å²) in [7, 11) is 0. The van der Waals surface area contributed by atoms with Crippen molar-refractivity contribution in [2.24, 2.45) is 0 Å². The van der Waals surface area contributed by atoms with Crippen molar-refractivity contribution in [2.45, 2.75) is 96.8 Å². The Bertz CT molecular complexity index is 508. The summed E-state index contributed by atoms with van der Waals surface area (Å²) < 4.78 is 25.7. The summed E-state index contributed by atoms with van der Waals surface area (Å²) in [6.07, 6.45) is 18.5. The van der Waals surface area contributed by atoms with E-state index < -0.39 is 11.4 Å². The highest BCUT2D eigenvalue weighted by Crippen LogP contribution is 2.26. The minimum atomic E-state index is -2.58. The Morgan fingerprint density at radius 1 is 0.885 bits per heavy atom. The maximum absolute atomic E-state index is 10.5. The molecule has 0 aliphatic heterocycles. The fraction of sp³-hybridized carbons (Fsp3) is 0.714. The lowest BCUT2D eigenvalue weighted by atomic mass is 10.0. The molecule has 3 nitrogen and oxygen atoms in total. The minimum absolute atomic E-state index is 0.189. The predicted molar refractivity (Wildman–Crippen MR) is 110 cm³/mol. The molecule has 0 N–H and O–H groups in total. The van der Waals surface area contributed by atoms with Crippen molar-refractivity contribution in [3.63, 3.8) is 0 Å². The van der Waals surface area contributed by atoms with Gasteiger partial charge in [-0.05, 0) is 30.5 Å². The van der Waals surface area contributed by atoms with Crippen LogP contribution >= 0.6 is 11.6 Å². The van der Waals surface area contributed by atoms with E-state index in [0.29, 0.717) is 5.02 Å². The molecule has 0 bridgehead atoms. The highest BCUT2D eigenvalue weighted by atomic mass is 35.5. The summed E-state index contributed by atoms with van der Waals surface area (Å²) in [6, 6.07) is 5.30. The summed E-state index contributed by atoms with van der Waals surface area (Å²) in [5, 5.41) is 0.349. The third-order valence-corrected chi connectivity index (χ3v) is 5.33. The molecule has 26 heavy (non-hydrogen) atoms. The van der Waals surface area contributed by atoms with Crippen LogP contribution in [-0.2, 0) is 17.8 Å². The number of aryl methyl sites for hydroxylation is 1. The SMILES string of the molecule is CCCCCCCCCCCCCCCc1ccc(OS(=O)[O-])c(Cl)c1. The van der Waals surface area contributed by atoms with Crippen molar-refractivity contribution in [3.05, 3.63) is 28.8 Å². The lowest BCUT2D eigenvalue weighted by Crippen LogP contribution is -1.98. The van der Waals surface area contributed by atoms with Crippen molar-refractivity contribution < 1.29 is 12.9 Å². The minimum Gasteiger partial charge on any atom is -0.740 e. The number of hydrogen-bond donors (Lipinski definition) is 0. The molecule has 0 saturated heterocycles. The fourth-order valence-electron chi connectivity index (χ4n) is 3.19. The van der Waals surface area contributed by atoms with Crippen LogP contribution in [0.1, 0.15) is 96.0 Å². The van der Waals surface area contributed by atoms with Gasteiger partial charge in [0.25, 0.3) is 0 Å². The average Bonchev–Trinajstić information content (AvgIpc) is 2.61. The predicted octanol–water partition coefficient (Wildman–Crippen LogP) is 7.15. The van der Waals surface area contributed by atoms with Gasteiger partial charge in [0.2, 0.25) is 0 Å². The lowest BCUT2D eigenvalue weighted by molar-refractivity contribution is 0.440. The molecule has 1 aromatic rings. The van der Waals surface area contributed by atoms with E-state index in [4.69, 9.17) is 11.6 Å². The van der Waals surface area contributed by atoms with Gasteiger partial charge in [-0.25, -0.2) is 4.21 Å². The van der Waals surface area contributed by atoms with E-state index in [0.717, 1.165) is 18.4 Å². The van der Waals surface area contributed by atoms with Gasteiger partial charge in [-0.1, -0.05) is 102 Å². The third-order valence-electron chi connectivity index (χ3n) is 4.72. The molecule has 1 unspecified atom stereocenters. The zero-order valence-corrected chi connectivity index (χ0v) is 17.7. The molecule has 0 fully saturated rings. The van der Waals surface area contributed by atoms with Gasteiger partial charge in [-0.15, -0.1) is 0 Å². The van der Waals surface area contributed by atoms with Gasteiger partial charge in [0.1, 0.15) is 11.4 Å². The molecule has 0 amide bonds. The fourth-order valence-corrected chi connectivity index (χ4v) is 3.77. The number of halogens is 1. The van der Waals surface area contributed by atoms with Gasteiger partial charge in [-0.3, -0.25) is 0 Å². The van der Waals surface area contributed by atoms with Crippen LogP contribution in [0.3, 0.4) is 0 Å². The topological polar surface area (TPSA) is 49.4 Å². The van der Waals surface area contributed by atoms with Crippen LogP contribution in [0.4, 0.5) is 0 Å². The van der Waals surface area contributed by atoms with Crippen LogP contribution in [0.2, 0.25) is 5.02 Å². The van der Waals surface area contributed by atoms with Crippen molar-refractivity contribution in [3.8, 4) is 5.75 Å². The van der Waals surface area contributed by atoms with Crippen LogP contribution in [0.25, 0.3) is 0 Å². The van der Waals surface area contributed by atoms with Crippen LogP contribution in [0, 0.1) is 0 Å². The summed E-state index contributed by atoms with van der Waals surface area (Å²) in [5.74, 6) is 0.189. The van der Waals surface area contributed by atoms with Crippen LogP contribution in [-0.4, -0.2) is 8.76 Å². The third kappa shape index (κ3) is 11.9. The van der Waals surface area contributed by atoms with Crippen molar-refractivity contribution in [1.29, 1.82) is 0 Å². The molecule has 0 saturated carbocycles. The smallest absolute Gasteiger partial charge is 0.157 e. The Hall–Kier alpha value is -0.580. The van der Waals surface area contributed by atoms with Crippen LogP contribution in [0.15, 0.2) is 18.2 Å². The normalized spacial score (nSPS) is 12.3. The van der Waals surface area contributed by atoms with E-state index in [2.05, 4.69) is 11.1 Å². The second-order valence-electron chi connectivity index (χ2n) is 7.04. The van der Waals surface area contributed by atoms with Crippen molar-refractivity contribution in [1.82, 2.24) is 0 Å². The van der Waals surface area contributed by atoms with Gasteiger partial charge < -0.3 is 8.74 Å². The maximum Gasteiger partial charge on any atom is 0.157 e. The number of hydrogen-bond acceptors (Lipinski definition) is 3. The monoisotopic (exact) mass is 401 g/mol. The second kappa shape index (κ2) is 15.5. The number of benzene rings is 1. The molecular weight excluding hydrogens is 368 g/mol. The molecular formula is C21H34ClO3S-. The summed E-state index contributed by atoms with van der Waals surface area (Å²) >= 11 is 3.45. The molecule has 1 rings (SSSR count). The maximum atomic E-state index is 10.5. The Morgan fingerprint density at radius 2 is 1.38 bits per heavy atom. The number of unbranched alkanes of at least 4 members (excludes halogenated alkanes) is 12. The molecule has 1 aromatic carbocycles. The molecule has 0 aromatic heterocycles. The quantitative estimate of drug-likeness (QED) is 0.218. The van der Waals surface area contributed by atoms with Crippen molar-refractivity contribution >= 4 is 23.0 Å². The zero-order chi connectivity index (χ0) is 19.0. The second-order valence-corrected chi connectivity index (χ2v) is 8.03. The zero-order valence-electron chi connectivity index (χ0n) is 16.1. The van der Waals surface area contributed by atoms with Crippen LogP contribution in [0.5, 0.6) is 5.75 Å². The highest BCUT2D eigenvalue weighted by Gasteiger charge is 2.04. The van der Waals surface area contributed by atoms with Gasteiger partial charge in [0, 0.05) is 0 Å². The van der Waals surface area contributed by atoms with E-state index in [-0.39, 0.29) is 5.75 Å². The van der Waals surface area contributed by atoms with E-state index in [1.54, 1.807) is 12.1 Å². The first-order chi connectivity index (χ1) is 12.6. The number of rotatable bonds is 16. The van der Waals surface area contributed by atoms with Gasteiger partial charge in [-0.2, -0.15) is 0 Å². The molecule has 0 aliphatic rings. The molecule has 0 heterocycles. The first kappa shape index (κ1) is 23.5. The van der Waals surface area contributed by atoms with Gasteiger partial charge in [0.05, 0.1) is 5.02 Å². The molecule has 0 aliphatic carbocycles. The Labute approximate surface area is 167 Å². The largest absolute Gasteiger partial charge is 0.740 e. The Morgan fingerprint density at radius 3 is 1.85 bits per heavy atom. The summed E-state index contributed by atoms with van der Waals surface area (Å²) in [5.41, 5.74) is 1.13. The van der Waals surface area contributed by atoms with E-state index in [1.165, 1.54) is 77.0 Å². The lowest BCUT2D eigenvalue weighted by Gasteiger charge is -2.10. The molecule has 0 spiro atoms. The summed E-state index contributed by atoms with van der Waals surface area (Å²) in [6.45, 7) is 2.26. The van der Waals surface area contributed by atoms with E-state index >= 15 is 0 Å². The summed E-state index contributed by atoms with van der Waals surface area (Å²) in [4.78, 5) is 0. The molecule has 150 valence electrons. The van der Waals surface area contributed by atoms with E-state index in [1.807, 2.05) is 6.07 Å². The highest BCUT2D eigenvalue weighted by molar-refractivity contribution is 7.74. The first-order valence-corrected chi connectivity index (χ1v) is 11.6. The van der Waals surface area contributed by atoms with Gasteiger partial charge >= 0.3 is 0 Å². The Kier molecular flexibility index (Phi) is 14.0. The molecule has 1 atom stereocenters. The first-order valence-electron chi connectivity index (χ1n) is 10.2. The Balaban J connectivity index is 1.97. The molecule has 0 radical (unpaired) electrons. The standard InChI is InChI=1S/C21H35ClO3S/c1-2-3-4-5-6-7-8-9-10-11-12-13-14-15-19-16-17-21(20(22)18-19)25-26(23)24/h16-18H,2-15H2,1H3,(H,23,24)/p-1. The van der Waals surface area contributed by atoms with Crippen molar-refractivity contribution in [2.75, 3.05) is 0 Å². The average molecular weight is 402 g/mol.